The van der Waals surface area contributed by atoms with Gasteiger partial charge in [-0.2, -0.15) is 0 Å². The minimum atomic E-state index is -0.455. The molecule has 1 rings (SSSR count). The second kappa shape index (κ2) is 5.32. The summed E-state index contributed by atoms with van der Waals surface area (Å²) in [5.41, 5.74) is 0.233. The highest BCUT2D eigenvalue weighted by Gasteiger charge is 2.10. The maximum Gasteiger partial charge on any atom is 0.164 e. The number of hydrogen-bond donors (Lipinski definition) is 0. The molecule has 0 atom stereocenters. The van der Waals surface area contributed by atoms with Crippen LogP contribution in [0.1, 0.15) is 23.2 Å². The lowest BCUT2D eigenvalue weighted by Gasteiger charge is -2.02. The number of carbonyl (C=O) groups excluding carboxylic acids is 1. The third-order valence-corrected chi connectivity index (χ3v) is 2.36. The monoisotopic (exact) mass is 234 g/mol. The molecule has 0 saturated carbocycles. The molecule has 0 bridgehead atoms. The van der Waals surface area contributed by atoms with Crippen molar-refractivity contribution in [2.24, 2.45) is 0 Å². The third kappa shape index (κ3) is 2.96. The van der Waals surface area contributed by atoms with Crippen LogP contribution < -0.4 is 0 Å². The normalized spacial score (nSPS) is 10.2. The van der Waals surface area contributed by atoms with Crippen molar-refractivity contribution < 1.29 is 9.18 Å². The maximum atomic E-state index is 12.8. The lowest BCUT2D eigenvalue weighted by molar-refractivity contribution is 0.0981. The summed E-state index contributed by atoms with van der Waals surface area (Å²) in [4.78, 5) is 11.5. The molecule has 0 aromatic heterocycles. The van der Waals surface area contributed by atoms with Crippen LogP contribution in [0.15, 0.2) is 18.2 Å². The van der Waals surface area contributed by atoms with Crippen LogP contribution in [0.4, 0.5) is 4.39 Å². The first-order valence-corrected chi connectivity index (χ1v) is 5.10. The number of benzene rings is 1. The number of carbonyl (C=O) groups is 1. The molecular formula is C10H9Cl2FO. The Bertz CT molecular complexity index is 339. The molecule has 1 nitrogen and oxygen atoms in total. The summed E-state index contributed by atoms with van der Waals surface area (Å²) in [5.74, 6) is -0.211. The molecule has 0 aliphatic heterocycles. The molecule has 76 valence electrons. The molecule has 0 heterocycles. The first-order chi connectivity index (χ1) is 6.65. The van der Waals surface area contributed by atoms with Crippen LogP contribution >= 0.6 is 23.2 Å². The van der Waals surface area contributed by atoms with Crippen molar-refractivity contribution in [3.63, 3.8) is 0 Å². The molecule has 4 heteroatoms. The number of alkyl halides is 1. The van der Waals surface area contributed by atoms with E-state index in [9.17, 15) is 9.18 Å². The van der Waals surface area contributed by atoms with Crippen LogP contribution in [0, 0.1) is 5.82 Å². The zero-order valence-corrected chi connectivity index (χ0v) is 8.91. The van der Waals surface area contributed by atoms with E-state index in [-0.39, 0.29) is 16.4 Å². The maximum absolute atomic E-state index is 12.8. The van der Waals surface area contributed by atoms with Crippen molar-refractivity contribution in [3.05, 3.63) is 34.6 Å². The third-order valence-electron chi connectivity index (χ3n) is 1.77. The molecule has 1 aromatic carbocycles. The predicted molar refractivity (Wildman–Crippen MR) is 55.7 cm³/mol. The number of halogens is 3. The molecule has 14 heavy (non-hydrogen) atoms. The van der Waals surface area contributed by atoms with E-state index in [1.807, 2.05) is 0 Å². The Kier molecular flexibility index (Phi) is 4.36. The Morgan fingerprint density at radius 2 is 2.14 bits per heavy atom. The molecule has 0 saturated heterocycles. The fraction of sp³-hybridized carbons (Fsp3) is 0.300. The number of hydrogen-bond acceptors (Lipinski definition) is 1. The van der Waals surface area contributed by atoms with Crippen LogP contribution in [0.3, 0.4) is 0 Å². The van der Waals surface area contributed by atoms with Gasteiger partial charge in [-0.1, -0.05) is 11.6 Å². The smallest absolute Gasteiger partial charge is 0.164 e. The summed E-state index contributed by atoms with van der Waals surface area (Å²) in [6.07, 6.45) is 0.875. The largest absolute Gasteiger partial charge is 0.294 e. The Labute approximate surface area is 91.8 Å². The molecule has 0 unspecified atom stereocenters. The Morgan fingerprint density at radius 1 is 1.43 bits per heavy atom. The van der Waals surface area contributed by atoms with Gasteiger partial charge in [0.15, 0.2) is 5.78 Å². The summed E-state index contributed by atoms with van der Waals surface area (Å²) in [6.45, 7) is 0. The summed E-state index contributed by atoms with van der Waals surface area (Å²) in [5, 5.41) is 0.283. The highest BCUT2D eigenvalue weighted by molar-refractivity contribution is 6.34. The molecule has 0 spiro atoms. The zero-order valence-electron chi connectivity index (χ0n) is 7.40. The highest BCUT2D eigenvalue weighted by Crippen LogP contribution is 2.19. The SMILES string of the molecule is O=C(CCCCl)c1cc(F)ccc1Cl. The van der Waals surface area contributed by atoms with Gasteiger partial charge in [0.2, 0.25) is 0 Å². The van der Waals surface area contributed by atoms with Gasteiger partial charge in [0.05, 0.1) is 5.02 Å². The second-order valence-corrected chi connectivity index (χ2v) is 3.63. The van der Waals surface area contributed by atoms with Gasteiger partial charge in [0.25, 0.3) is 0 Å². The van der Waals surface area contributed by atoms with Gasteiger partial charge in [0.1, 0.15) is 5.82 Å². The minimum absolute atomic E-state index is 0.171. The average Bonchev–Trinajstić information content (AvgIpc) is 2.18. The van der Waals surface area contributed by atoms with Crippen molar-refractivity contribution in [1.82, 2.24) is 0 Å². The number of rotatable bonds is 4. The van der Waals surface area contributed by atoms with Crippen LogP contribution in [-0.4, -0.2) is 11.7 Å². The van der Waals surface area contributed by atoms with Gasteiger partial charge < -0.3 is 0 Å². The fourth-order valence-electron chi connectivity index (χ4n) is 1.07. The van der Waals surface area contributed by atoms with E-state index in [1.54, 1.807) is 0 Å². The molecule has 0 fully saturated rings. The summed E-state index contributed by atoms with van der Waals surface area (Å²) in [6, 6.07) is 3.75. The quantitative estimate of drug-likeness (QED) is 0.574. The molecule has 1 aromatic rings. The van der Waals surface area contributed by atoms with E-state index in [4.69, 9.17) is 23.2 Å². The van der Waals surface area contributed by atoms with Gasteiger partial charge in [0, 0.05) is 17.9 Å². The Balaban J connectivity index is 2.83. The fourth-order valence-corrected chi connectivity index (χ4v) is 1.43. The standard InChI is InChI=1S/C10H9Cl2FO/c11-5-1-2-10(14)8-6-7(13)3-4-9(8)12/h3-4,6H,1-2,5H2. The van der Waals surface area contributed by atoms with Crippen molar-refractivity contribution >= 4 is 29.0 Å². The van der Waals surface area contributed by atoms with Crippen LogP contribution in [0.5, 0.6) is 0 Å². The van der Waals surface area contributed by atoms with E-state index >= 15 is 0 Å². The average molecular weight is 235 g/mol. The summed E-state index contributed by atoms with van der Waals surface area (Å²) >= 11 is 11.2. The van der Waals surface area contributed by atoms with Crippen molar-refractivity contribution in [3.8, 4) is 0 Å². The van der Waals surface area contributed by atoms with Crippen molar-refractivity contribution in [1.29, 1.82) is 0 Å². The lowest BCUT2D eigenvalue weighted by Crippen LogP contribution is -2.01. The van der Waals surface area contributed by atoms with Gasteiger partial charge >= 0.3 is 0 Å². The minimum Gasteiger partial charge on any atom is -0.294 e. The first-order valence-electron chi connectivity index (χ1n) is 4.19. The Hall–Kier alpha value is -0.600. The number of Topliss-reactive ketones (excluding diaryl/α,β-unsaturated/α-hetero) is 1. The van der Waals surface area contributed by atoms with Gasteiger partial charge in [-0.05, 0) is 24.6 Å². The van der Waals surface area contributed by atoms with E-state index in [0.29, 0.717) is 18.7 Å². The van der Waals surface area contributed by atoms with Gasteiger partial charge in [-0.25, -0.2) is 4.39 Å². The first kappa shape index (κ1) is 11.5. The highest BCUT2D eigenvalue weighted by atomic mass is 35.5. The van der Waals surface area contributed by atoms with Gasteiger partial charge in [-0.15, -0.1) is 11.6 Å². The topological polar surface area (TPSA) is 17.1 Å². The van der Waals surface area contributed by atoms with Crippen LogP contribution in [0.2, 0.25) is 5.02 Å². The van der Waals surface area contributed by atoms with Gasteiger partial charge in [-0.3, -0.25) is 4.79 Å². The van der Waals surface area contributed by atoms with E-state index < -0.39 is 5.82 Å². The van der Waals surface area contributed by atoms with Crippen LogP contribution in [0.25, 0.3) is 0 Å². The molecule has 0 amide bonds. The summed E-state index contributed by atoms with van der Waals surface area (Å²) < 4.78 is 12.8. The predicted octanol–water partition coefficient (Wildman–Crippen LogP) is 3.68. The Morgan fingerprint density at radius 3 is 2.79 bits per heavy atom. The molecule has 0 N–H and O–H groups in total. The number of ketones is 1. The molecular weight excluding hydrogens is 226 g/mol. The van der Waals surface area contributed by atoms with Crippen LogP contribution in [-0.2, 0) is 0 Å². The van der Waals surface area contributed by atoms with E-state index in [1.165, 1.54) is 12.1 Å². The summed E-state index contributed by atoms with van der Waals surface area (Å²) in [7, 11) is 0. The second-order valence-electron chi connectivity index (χ2n) is 2.84. The molecule has 0 aliphatic rings. The zero-order chi connectivity index (χ0) is 10.6. The van der Waals surface area contributed by atoms with E-state index in [0.717, 1.165) is 6.07 Å². The van der Waals surface area contributed by atoms with E-state index in [2.05, 4.69) is 0 Å². The molecule has 0 radical (unpaired) electrons. The lowest BCUT2D eigenvalue weighted by atomic mass is 10.1. The van der Waals surface area contributed by atoms with Crippen molar-refractivity contribution in [2.45, 2.75) is 12.8 Å². The molecule has 0 aliphatic carbocycles. The van der Waals surface area contributed by atoms with Crippen molar-refractivity contribution in [2.75, 3.05) is 5.88 Å².